The van der Waals surface area contributed by atoms with Crippen molar-refractivity contribution in [3.05, 3.63) is 50.6 Å². The van der Waals surface area contributed by atoms with E-state index in [1.807, 2.05) is 0 Å². The Morgan fingerprint density at radius 3 is 2.70 bits per heavy atom. The molecule has 0 amide bonds. The Morgan fingerprint density at radius 1 is 1.30 bits per heavy atom. The van der Waals surface area contributed by atoms with E-state index in [1.54, 1.807) is 6.92 Å². The molecule has 0 aliphatic heterocycles. The lowest BCUT2D eigenvalue weighted by atomic mass is 10.1. The predicted octanol–water partition coefficient (Wildman–Crippen LogP) is 4.79. The maximum absolute atomic E-state index is 13.4. The van der Waals surface area contributed by atoms with Crippen molar-refractivity contribution in [1.82, 2.24) is 9.97 Å². The molecule has 20 heavy (non-hydrogen) atoms. The maximum atomic E-state index is 13.4. The van der Waals surface area contributed by atoms with Crippen LogP contribution in [0.2, 0.25) is 10.0 Å². The zero-order valence-corrected chi connectivity index (χ0v) is 13.3. The fourth-order valence-electron chi connectivity index (χ4n) is 1.49. The van der Waals surface area contributed by atoms with Gasteiger partial charge >= 0.3 is 0 Å². The second kappa shape index (κ2) is 6.67. The van der Waals surface area contributed by atoms with Gasteiger partial charge in [0.2, 0.25) is 0 Å². The molecule has 106 valence electrons. The van der Waals surface area contributed by atoms with E-state index in [1.165, 1.54) is 24.5 Å². The lowest BCUT2D eigenvalue weighted by molar-refractivity contribution is 0.115. The van der Waals surface area contributed by atoms with Gasteiger partial charge in [0.1, 0.15) is 16.5 Å². The lowest BCUT2D eigenvalue weighted by Gasteiger charge is -2.16. The number of halogens is 4. The van der Waals surface area contributed by atoms with Gasteiger partial charge in [0, 0.05) is 10.6 Å². The third-order valence-electron chi connectivity index (χ3n) is 2.45. The molecule has 1 aromatic heterocycles. The Bertz CT molecular complexity index is 612. The van der Waals surface area contributed by atoms with Crippen LogP contribution < -0.4 is 5.48 Å². The zero-order chi connectivity index (χ0) is 14.7. The minimum absolute atomic E-state index is 0.0614. The van der Waals surface area contributed by atoms with Crippen molar-refractivity contribution < 1.29 is 9.23 Å². The Labute approximate surface area is 133 Å². The first-order valence-corrected chi connectivity index (χ1v) is 7.06. The maximum Gasteiger partial charge on any atom is 0.168 e. The quantitative estimate of drug-likeness (QED) is 0.611. The van der Waals surface area contributed by atoms with E-state index in [0.717, 1.165) is 0 Å². The average molecular weight is 381 g/mol. The zero-order valence-electron chi connectivity index (χ0n) is 10.2. The second-order valence-corrected chi connectivity index (χ2v) is 5.44. The summed E-state index contributed by atoms with van der Waals surface area (Å²) in [5, 5.41) is 0.265. The van der Waals surface area contributed by atoms with Crippen LogP contribution in [0.3, 0.4) is 0 Å². The molecule has 2 aromatic rings. The molecule has 0 saturated heterocycles. The summed E-state index contributed by atoms with van der Waals surface area (Å²) in [4.78, 5) is 13.4. The molecule has 0 aliphatic carbocycles. The van der Waals surface area contributed by atoms with E-state index in [0.29, 0.717) is 21.0 Å². The van der Waals surface area contributed by atoms with Gasteiger partial charge in [-0.1, -0.05) is 23.2 Å². The van der Waals surface area contributed by atoms with Crippen LogP contribution in [0.4, 0.5) is 10.2 Å². The predicted molar refractivity (Wildman–Crippen MR) is 79.3 cm³/mol. The Morgan fingerprint density at radius 2 is 2.05 bits per heavy atom. The number of nitrogens with zero attached hydrogens (tertiary/aromatic N) is 2. The summed E-state index contributed by atoms with van der Waals surface area (Å²) in [6.07, 6.45) is 2.42. The molecule has 4 nitrogen and oxygen atoms in total. The molecule has 8 heteroatoms. The monoisotopic (exact) mass is 379 g/mol. The van der Waals surface area contributed by atoms with E-state index >= 15 is 0 Å². The van der Waals surface area contributed by atoms with Gasteiger partial charge in [0.15, 0.2) is 5.82 Å². The summed E-state index contributed by atoms with van der Waals surface area (Å²) >= 11 is 15.1. The van der Waals surface area contributed by atoms with Crippen LogP contribution in [0.25, 0.3) is 0 Å². The van der Waals surface area contributed by atoms with Gasteiger partial charge in [0.25, 0.3) is 0 Å². The number of anilines is 1. The van der Waals surface area contributed by atoms with Crippen molar-refractivity contribution >= 4 is 44.9 Å². The molecule has 0 saturated carbocycles. The fourth-order valence-corrected chi connectivity index (χ4v) is 2.37. The first-order chi connectivity index (χ1) is 9.49. The first-order valence-electron chi connectivity index (χ1n) is 5.51. The standard InChI is InChI=1S/C12H9BrCl2FN3O/c1-6(11-7(14)2-3-8(16)12(11)15)20-19-10-5-17-9(13)4-18-10/h2-6H,1H3,(H,18,19)/t6-/m1/s1. The van der Waals surface area contributed by atoms with Crippen LogP contribution in [-0.2, 0) is 4.84 Å². The minimum Gasteiger partial charge on any atom is -0.267 e. The van der Waals surface area contributed by atoms with Gasteiger partial charge in [-0.3, -0.25) is 4.84 Å². The summed E-state index contributed by atoms with van der Waals surface area (Å²) in [6, 6.07) is 2.63. The van der Waals surface area contributed by atoms with Crippen molar-refractivity contribution in [2.75, 3.05) is 5.48 Å². The van der Waals surface area contributed by atoms with E-state index in [9.17, 15) is 4.39 Å². The summed E-state index contributed by atoms with van der Waals surface area (Å²) in [5.74, 6) is -0.145. The molecule has 0 fully saturated rings. The summed E-state index contributed by atoms with van der Waals surface area (Å²) in [6.45, 7) is 1.69. The molecule has 0 aliphatic rings. The van der Waals surface area contributed by atoms with E-state index in [-0.39, 0.29) is 5.02 Å². The van der Waals surface area contributed by atoms with Crippen molar-refractivity contribution in [2.45, 2.75) is 13.0 Å². The number of hydrogen-bond acceptors (Lipinski definition) is 4. The number of benzene rings is 1. The van der Waals surface area contributed by atoms with E-state index < -0.39 is 11.9 Å². The molecule has 1 aromatic carbocycles. The van der Waals surface area contributed by atoms with Crippen LogP contribution in [0.15, 0.2) is 29.1 Å². The van der Waals surface area contributed by atoms with E-state index in [4.69, 9.17) is 28.0 Å². The average Bonchev–Trinajstić information content (AvgIpc) is 2.43. The molecule has 0 unspecified atom stereocenters. The third kappa shape index (κ3) is 3.58. The molecule has 2 rings (SSSR count). The van der Waals surface area contributed by atoms with E-state index in [2.05, 4.69) is 31.4 Å². The smallest absolute Gasteiger partial charge is 0.168 e. The van der Waals surface area contributed by atoms with Crippen LogP contribution >= 0.6 is 39.1 Å². The highest BCUT2D eigenvalue weighted by atomic mass is 79.9. The topological polar surface area (TPSA) is 47.0 Å². The van der Waals surface area contributed by atoms with Gasteiger partial charge in [-0.2, -0.15) is 0 Å². The van der Waals surface area contributed by atoms with Crippen LogP contribution in [0, 0.1) is 5.82 Å². The van der Waals surface area contributed by atoms with Gasteiger partial charge < -0.3 is 0 Å². The van der Waals surface area contributed by atoms with Crippen molar-refractivity contribution in [2.24, 2.45) is 0 Å². The molecular weight excluding hydrogens is 372 g/mol. The number of hydrogen-bond donors (Lipinski definition) is 1. The molecule has 0 radical (unpaired) electrons. The normalized spacial score (nSPS) is 12.2. The van der Waals surface area contributed by atoms with Crippen LogP contribution in [0.5, 0.6) is 0 Å². The van der Waals surface area contributed by atoms with Crippen LogP contribution in [-0.4, -0.2) is 9.97 Å². The third-order valence-corrected chi connectivity index (χ3v) is 3.57. The number of nitrogens with one attached hydrogen (secondary N) is 1. The fraction of sp³-hybridized carbons (Fsp3) is 0.167. The Hall–Kier alpha value is -0.950. The molecule has 1 N–H and O–H groups in total. The summed E-state index contributed by atoms with van der Waals surface area (Å²) in [5.41, 5.74) is 2.98. The van der Waals surface area contributed by atoms with Crippen LogP contribution in [0.1, 0.15) is 18.6 Å². The highest BCUT2D eigenvalue weighted by Crippen LogP contribution is 2.33. The second-order valence-electron chi connectivity index (χ2n) is 3.84. The van der Waals surface area contributed by atoms with Gasteiger partial charge in [-0.15, -0.1) is 0 Å². The molecular formula is C12H9BrCl2FN3O. The van der Waals surface area contributed by atoms with Gasteiger partial charge in [0.05, 0.1) is 17.4 Å². The van der Waals surface area contributed by atoms with Gasteiger partial charge in [-0.25, -0.2) is 19.8 Å². The minimum atomic E-state index is -0.573. The Kier molecular flexibility index (Phi) is 5.15. The highest BCUT2D eigenvalue weighted by molar-refractivity contribution is 9.10. The number of aromatic nitrogens is 2. The van der Waals surface area contributed by atoms with Crippen molar-refractivity contribution in [3.8, 4) is 0 Å². The SMILES string of the molecule is C[C@@H](ONc1cnc(Br)cn1)c1c(Cl)ccc(F)c1Cl. The van der Waals surface area contributed by atoms with Crippen molar-refractivity contribution in [1.29, 1.82) is 0 Å². The number of rotatable bonds is 4. The molecule has 1 atom stereocenters. The van der Waals surface area contributed by atoms with Gasteiger partial charge in [-0.05, 0) is 35.0 Å². The largest absolute Gasteiger partial charge is 0.267 e. The summed E-state index contributed by atoms with van der Waals surface area (Å²) in [7, 11) is 0. The van der Waals surface area contributed by atoms with Crippen molar-refractivity contribution in [3.63, 3.8) is 0 Å². The first kappa shape index (κ1) is 15.4. The molecule has 0 spiro atoms. The Balaban J connectivity index is 2.11. The highest BCUT2D eigenvalue weighted by Gasteiger charge is 2.18. The lowest BCUT2D eigenvalue weighted by Crippen LogP contribution is -2.09. The molecule has 1 heterocycles. The molecule has 0 bridgehead atoms. The summed E-state index contributed by atoms with van der Waals surface area (Å²) < 4.78 is 14.0.